The molecule has 0 amide bonds. The molecule has 4 heteroatoms. The van der Waals surface area contributed by atoms with Crippen LogP contribution in [-0.2, 0) is 13.0 Å². The van der Waals surface area contributed by atoms with Gasteiger partial charge in [0.25, 0.3) is 0 Å². The smallest absolute Gasteiger partial charge is 0.136 e. The largest absolute Gasteiger partial charge is 0.352 e. The van der Waals surface area contributed by atoms with Gasteiger partial charge in [-0.3, -0.25) is 0 Å². The molecule has 3 aromatic rings. The lowest BCUT2D eigenvalue weighted by Crippen LogP contribution is -2.31. The minimum absolute atomic E-state index is 0.531. The first-order chi connectivity index (χ1) is 12.8. The van der Waals surface area contributed by atoms with Crippen molar-refractivity contribution in [2.45, 2.75) is 31.7 Å². The van der Waals surface area contributed by atoms with Crippen LogP contribution >= 0.6 is 0 Å². The van der Waals surface area contributed by atoms with Gasteiger partial charge in [-0.15, -0.1) is 0 Å². The predicted octanol–water partition coefficient (Wildman–Crippen LogP) is 4.66. The van der Waals surface area contributed by atoms with Crippen LogP contribution in [0.15, 0.2) is 60.7 Å². The molecule has 2 heterocycles. The average Bonchev–Trinajstić information content (AvgIpc) is 3.53. The number of aromatic nitrogens is 2. The Kier molecular flexibility index (Phi) is 3.81. The quantitative estimate of drug-likeness (QED) is 0.749. The van der Waals surface area contributed by atoms with Crippen LogP contribution in [-0.4, -0.2) is 16.5 Å². The first-order valence-electron chi connectivity index (χ1n) is 9.38. The van der Waals surface area contributed by atoms with Crippen LogP contribution in [0.2, 0.25) is 0 Å². The van der Waals surface area contributed by atoms with Crippen LogP contribution in [0.25, 0.3) is 0 Å². The normalized spacial score (nSPS) is 16.2. The van der Waals surface area contributed by atoms with Gasteiger partial charge in [0.05, 0.1) is 0 Å². The second kappa shape index (κ2) is 6.45. The summed E-state index contributed by atoms with van der Waals surface area (Å²) in [6, 6.07) is 21.0. The summed E-state index contributed by atoms with van der Waals surface area (Å²) in [6.07, 6.45) is 3.48. The number of nitrogens with zero attached hydrogens (tertiary/aromatic N) is 3. The van der Waals surface area contributed by atoms with Gasteiger partial charge in [-0.1, -0.05) is 42.5 Å². The number of benzene rings is 2. The Hall–Kier alpha value is -2.88. The molecule has 2 aliphatic rings. The summed E-state index contributed by atoms with van der Waals surface area (Å²) in [5.41, 5.74) is 3.92. The van der Waals surface area contributed by atoms with E-state index in [1.807, 2.05) is 18.2 Å². The molecule has 2 aromatic carbocycles. The zero-order chi connectivity index (χ0) is 17.3. The van der Waals surface area contributed by atoms with Gasteiger partial charge in [-0.25, -0.2) is 9.97 Å². The van der Waals surface area contributed by atoms with Gasteiger partial charge in [-0.05, 0) is 42.5 Å². The molecular weight excluding hydrogens is 320 g/mol. The van der Waals surface area contributed by atoms with E-state index in [1.54, 1.807) is 0 Å². The molecular formula is C22H22N4. The molecule has 1 aliphatic heterocycles. The van der Waals surface area contributed by atoms with Gasteiger partial charge >= 0.3 is 0 Å². The molecule has 1 aromatic heterocycles. The zero-order valence-corrected chi connectivity index (χ0v) is 14.7. The first kappa shape index (κ1) is 15.4. The average molecular weight is 342 g/mol. The number of hydrogen-bond acceptors (Lipinski definition) is 4. The maximum atomic E-state index is 4.91. The molecule has 0 spiro atoms. The molecule has 1 aliphatic carbocycles. The third-order valence-corrected chi connectivity index (χ3v) is 5.17. The number of para-hydroxylation sites is 1. The predicted molar refractivity (Wildman–Crippen MR) is 105 cm³/mol. The molecule has 0 unspecified atom stereocenters. The summed E-state index contributed by atoms with van der Waals surface area (Å²) >= 11 is 0. The van der Waals surface area contributed by atoms with E-state index in [-0.39, 0.29) is 0 Å². The van der Waals surface area contributed by atoms with Crippen molar-refractivity contribution in [1.82, 2.24) is 9.97 Å². The second-order valence-corrected chi connectivity index (χ2v) is 7.18. The maximum absolute atomic E-state index is 4.91. The van der Waals surface area contributed by atoms with Crippen molar-refractivity contribution < 1.29 is 0 Å². The van der Waals surface area contributed by atoms with Crippen molar-refractivity contribution in [3.05, 3.63) is 77.6 Å². The molecule has 0 radical (unpaired) electrons. The van der Waals surface area contributed by atoms with E-state index in [1.165, 1.54) is 24.0 Å². The van der Waals surface area contributed by atoms with Gasteiger partial charge in [0.1, 0.15) is 17.5 Å². The standard InChI is InChI=1S/C22H22N4/c1-2-8-19(9-3-1)23-20-14-21(25-22(24-20)17-10-11-17)26-13-12-16-6-4-5-7-18(16)15-26/h1-9,14,17H,10-13,15H2,(H,23,24,25). The molecule has 4 nitrogen and oxygen atoms in total. The van der Waals surface area contributed by atoms with E-state index >= 15 is 0 Å². The van der Waals surface area contributed by atoms with Gasteiger partial charge in [-0.2, -0.15) is 0 Å². The molecule has 26 heavy (non-hydrogen) atoms. The van der Waals surface area contributed by atoms with E-state index in [0.717, 1.165) is 42.7 Å². The van der Waals surface area contributed by atoms with Crippen molar-refractivity contribution in [1.29, 1.82) is 0 Å². The Morgan fingerprint density at radius 2 is 1.65 bits per heavy atom. The molecule has 1 fully saturated rings. The highest BCUT2D eigenvalue weighted by Crippen LogP contribution is 2.39. The van der Waals surface area contributed by atoms with Gasteiger partial charge < -0.3 is 10.2 Å². The van der Waals surface area contributed by atoms with Crippen molar-refractivity contribution in [3.8, 4) is 0 Å². The van der Waals surface area contributed by atoms with E-state index in [4.69, 9.17) is 9.97 Å². The molecule has 5 rings (SSSR count). The van der Waals surface area contributed by atoms with Crippen LogP contribution in [0.1, 0.15) is 35.7 Å². The number of nitrogens with one attached hydrogen (secondary N) is 1. The molecule has 0 bridgehead atoms. The molecule has 1 saturated carbocycles. The van der Waals surface area contributed by atoms with Gasteiger partial charge in [0.15, 0.2) is 0 Å². The van der Waals surface area contributed by atoms with Crippen LogP contribution in [0.5, 0.6) is 0 Å². The Balaban J connectivity index is 1.46. The Labute approximate surface area is 153 Å². The Morgan fingerprint density at radius 3 is 2.46 bits per heavy atom. The highest BCUT2D eigenvalue weighted by atomic mass is 15.2. The third kappa shape index (κ3) is 3.15. The summed E-state index contributed by atoms with van der Waals surface area (Å²) in [4.78, 5) is 12.1. The lowest BCUT2D eigenvalue weighted by Gasteiger charge is -2.30. The lowest BCUT2D eigenvalue weighted by atomic mass is 10.00. The fraction of sp³-hybridized carbons (Fsp3) is 0.273. The van der Waals surface area contributed by atoms with Gasteiger partial charge in [0, 0.05) is 30.8 Å². The molecule has 130 valence electrons. The van der Waals surface area contributed by atoms with Crippen molar-refractivity contribution in [2.24, 2.45) is 0 Å². The summed E-state index contributed by atoms with van der Waals surface area (Å²) in [7, 11) is 0. The molecule has 1 N–H and O–H groups in total. The monoisotopic (exact) mass is 342 g/mol. The Morgan fingerprint density at radius 1 is 0.885 bits per heavy atom. The van der Waals surface area contributed by atoms with E-state index < -0.39 is 0 Å². The maximum Gasteiger partial charge on any atom is 0.136 e. The SMILES string of the molecule is c1ccc(Nc2cc(N3CCc4ccccc4C3)nc(C3CC3)n2)cc1. The summed E-state index contributed by atoms with van der Waals surface area (Å²) < 4.78 is 0. The zero-order valence-electron chi connectivity index (χ0n) is 14.7. The fourth-order valence-corrected chi connectivity index (χ4v) is 3.56. The van der Waals surface area contributed by atoms with E-state index in [0.29, 0.717) is 5.92 Å². The highest BCUT2D eigenvalue weighted by molar-refractivity contribution is 5.60. The van der Waals surface area contributed by atoms with Crippen LogP contribution in [0.3, 0.4) is 0 Å². The van der Waals surface area contributed by atoms with Gasteiger partial charge in [0.2, 0.25) is 0 Å². The Bertz CT molecular complexity index is 918. The van der Waals surface area contributed by atoms with Crippen LogP contribution in [0.4, 0.5) is 17.3 Å². The van der Waals surface area contributed by atoms with E-state index in [2.05, 4.69) is 52.7 Å². The van der Waals surface area contributed by atoms with Crippen LogP contribution < -0.4 is 10.2 Å². The molecule has 0 atom stereocenters. The highest BCUT2D eigenvalue weighted by Gasteiger charge is 2.28. The number of hydrogen-bond donors (Lipinski definition) is 1. The minimum Gasteiger partial charge on any atom is -0.352 e. The number of anilines is 3. The van der Waals surface area contributed by atoms with Crippen molar-refractivity contribution >= 4 is 17.3 Å². The van der Waals surface area contributed by atoms with E-state index in [9.17, 15) is 0 Å². The summed E-state index contributed by atoms with van der Waals surface area (Å²) in [5, 5.41) is 3.45. The fourth-order valence-electron chi connectivity index (χ4n) is 3.56. The molecule has 0 saturated heterocycles. The second-order valence-electron chi connectivity index (χ2n) is 7.18. The van der Waals surface area contributed by atoms with Crippen molar-refractivity contribution in [3.63, 3.8) is 0 Å². The lowest BCUT2D eigenvalue weighted by molar-refractivity contribution is 0.714. The summed E-state index contributed by atoms with van der Waals surface area (Å²) in [5.74, 6) is 3.44. The van der Waals surface area contributed by atoms with Crippen LogP contribution in [0, 0.1) is 0 Å². The third-order valence-electron chi connectivity index (χ3n) is 5.17. The minimum atomic E-state index is 0.531. The summed E-state index contributed by atoms with van der Waals surface area (Å²) in [6.45, 7) is 1.92. The first-order valence-corrected chi connectivity index (χ1v) is 9.38. The topological polar surface area (TPSA) is 41.0 Å². The number of rotatable bonds is 4. The number of fused-ring (bicyclic) bond motifs is 1. The van der Waals surface area contributed by atoms with Crippen molar-refractivity contribution in [2.75, 3.05) is 16.8 Å².